The number of ether oxygens (including phenoxy) is 1. The van der Waals surface area contributed by atoms with E-state index in [4.69, 9.17) is 4.74 Å². The summed E-state index contributed by atoms with van der Waals surface area (Å²) >= 11 is 0. The highest BCUT2D eigenvalue weighted by molar-refractivity contribution is 6.04. The second-order valence-corrected chi connectivity index (χ2v) is 8.48. The van der Waals surface area contributed by atoms with Gasteiger partial charge in [-0.1, -0.05) is 30.3 Å². The number of fused-ring (bicyclic) bond motifs is 1. The quantitative estimate of drug-likeness (QED) is 0.615. The summed E-state index contributed by atoms with van der Waals surface area (Å²) in [5.41, 5.74) is 1.20. The molecule has 0 radical (unpaired) electrons. The lowest BCUT2D eigenvalue weighted by molar-refractivity contribution is 0.0932. The molecule has 7 nitrogen and oxygen atoms in total. The number of nitrogens with one attached hydrogen (secondary N) is 1. The van der Waals surface area contributed by atoms with Gasteiger partial charge in [0, 0.05) is 11.9 Å². The van der Waals surface area contributed by atoms with Crippen molar-refractivity contribution in [3.05, 3.63) is 70.1 Å². The van der Waals surface area contributed by atoms with Gasteiger partial charge in [-0.25, -0.2) is 4.68 Å². The lowest BCUT2D eigenvalue weighted by Crippen LogP contribution is -2.38. The SMILES string of the molecule is COc1cccc(C(CNC(=O)c2nn(C(C)C)c(=O)c3ccccc23)N2CCCC2)c1. The van der Waals surface area contributed by atoms with Crippen molar-refractivity contribution in [2.45, 2.75) is 38.8 Å². The molecule has 1 unspecified atom stereocenters. The molecule has 3 aromatic rings. The van der Waals surface area contributed by atoms with E-state index >= 15 is 0 Å². The van der Waals surface area contributed by atoms with Gasteiger partial charge < -0.3 is 10.1 Å². The third kappa shape index (κ3) is 4.39. The maximum absolute atomic E-state index is 13.3. The van der Waals surface area contributed by atoms with E-state index in [2.05, 4.69) is 21.4 Å². The summed E-state index contributed by atoms with van der Waals surface area (Å²) < 4.78 is 6.80. The summed E-state index contributed by atoms with van der Waals surface area (Å²) in [5.74, 6) is 0.525. The van der Waals surface area contributed by atoms with Crippen molar-refractivity contribution in [1.29, 1.82) is 0 Å². The highest BCUT2D eigenvalue weighted by Crippen LogP contribution is 2.27. The van der Waals surface area contributed by atoms with Crippen LogP contribution in [0.25, 0.3) is 10.8 Å². The van der Waals surface area contributed by atoms with E-state index in [-0.39, 0.29) is 29.2 Å². The third-order valence-corrected chi connectivity index (χ3v) is 6.05. The van der Waals surface area contributed by atoms with E-state index in [0.717, 1.165) is 37.2 Å². The minimum Gasteiger partial charge on any atom is -0.497 e. The predicted octanol–water partition coefficient (Wildman–Crippen LogP) is 3.55. The molecule has 1 saturated heterocycles. The van der Waals surface area contributed by atoms with Crippen molar-refractivity contribution >= 4 is 16.7 Å². The summed E-state index contributed by atoms with van der Waals surface area (Å²) in [6.07, 6.45) is 2.31. The molecule has 1 aliphatic heterocycles. The Kier molecular flexibility index (Phi) is 6.55. The fourth-order valence-electron chi connectivity index (χ4n) is 4.36. The van der Waals surface area contributed by atoms with Crippen LogP contribution in [0.2, 0.25) is 0 Å². The van der Waals surface area contributed by atoms with Gasteiger partial charge in [0.1, 0.15) is 5.75 Å². The lowest BCUT2D eigenvalue weighted by Gasteiger charge is -2.28. The monoisotopic (exact) mass is 434 g/mol. The second-order valence-electron chi connectivity index (χ2n) is 8.48. The number of likely N-dealkylation sites (tertiary alicyclic amines) is 1. The fraction of sp³-hybridized carbons (Fsp3) is 0.400. The molecule has 32 heavy (non-hydrogen) atoms. The zero-order valence-corrected chi connectivity index (χ0v) is 18.9. The first-order valence-corrected chi connectivity index (χ1v) is 11.2. The fourth-order valence-corrected chi connectivity index (χ4v) is 4.36. The third-order valence-electron chi connectivity index (χ3n) is 6.05. The van der Waals surface area contributed by atoms with Gasteiger partial charge in [-0.3, -0.25) is 14.5 Å². The Morgan fingerprint density at radius 2 is 1.81 bits per heavy atom. The Hall–Kier alpha value is -3.19. The Morgan fingerprint density at radius 3 is 2.50 bits per heavy atom. The Morgan fingerprint density at radius 1 is 1.09 bits per heavy atom. The molecule has 0 bridgehead atoms. The van der Waals surface area contributed by atoms with Crippen LogP contribution in [0.3, 0.4) is 0 Å². The zero-order chi connectivity index (χ0) is 22.7. The smallest absolute Gasteiger partial charge is 0.274 e. The normalized spacial score (nSPS) is 15.2. The predicted molar refractivity (Wildman–Crippen MR) is 125 cm³/mol. The number of carbonyl (C=O) groups is 1. The van der Waals surface area contributed by atoms with Crippen LogP contribution in [-0.4, -0.2) is 47.3 Å². The standard InChI is InChI=1S/C25H30N4O3/c1-17(2)29-25(31)21-12-5-4-11-20(21)23(27-29)24(30)26-16-22(28-13-6-7-14-28)18-9-8-10-19(15-18)32-3/h4-5,8-12,15,17,22H,6-7,13-14,16H2,1-3H3,(H,26,30). The molecule has 0 aliphatic carbocycles. The average molecular weight is 435 g/mol. The van der Waals surface area contributed by atoms with Gasteiger partial charge >= 0.3 is 0 Å². The second kappa shape index (κ2) is 9.53. The molecule has 1 aromatic heterocycles. The van der Waals surface area contributed by atoms with Gasteiger partial charge in [-0.05, 0) is 63.5 Å². The van der Waals surface area contributed by atoms with Gasteiger partial charge in [0.05, 0.1) is 24.6 Å². The number of methoxy groups -OCH3 is 1. The molecule has 1 amide bonds. The molecular formula is C25H30N4O3. The number of aromatic nitrogens is 2. The van der Waals surface area contributed by atoms with Crippen LogP contribution in [-0.2, 0) is 0 Å². The van der Waals surface area contributed by atoms with Crippen LogP contribution >= 0.6 is 0 Å². The first-order chi connectivity index (χ1) is 15.5. The van der Waals surface area contributed by atoms with Crippen molar-refractivity contribution in [2.24, 2.45) is 0 Å². The van der Waals surface area contributed by atoms with E-state index < -0.39 is 0 Å². The maximum atomic E-state index is 13.3. The molecule has 1 aliphatic rings. The van der Waals surface area contributed by atoms with E-state index in [1.54, 1.807) is 19.2 Å². The van der Waals surface area contributed by atoms with Crippen molar-refractivity contribution < 1.29 is 9.53 Å². The number of hydrogen-bond donors (Lipinski definition) is 1. The molecular weight excluding hydrogens is 404 g/mol. The van der Waals surface area contributed by atoms with Crippen LogP contribution < -0.4 is 15.6 Å². The number of benzene rings is 2. The summed E-state index contributed by atoms with van der Waals surface area (Å²) in [6, 6.07) is 15.1. The minimum absolute atomic E-state index is 0.0406. The van der Waals surface area contributed by atoms with Crippen molar-refractivity contribution in [2.75, 3.05) is 26.7 Å². The van der Waals surface area contributed by atoms with Gasteiger partial charge in [-0.2, -0.15) is 5.10 Å². The summed E-state index contributed by atoms with van der Waals surface area (Å²) in [4.78, 5) is 28.5. The Labute approximate surface area is 188 Å². The van der Waals surface area contributed by atoms with Crippen LogP contribution in [0.1, 0.15) is 54.8 Å². The summed E-state index contributed by atoms with van der Waals surface area (Å²) in [7, 11) is 1.66. The van der Waals surface area contributed by atoms with E-state index in [9.17, 15) is 9.59 Å². The van der Waals surface area contributed by atoms with Gasteiger partial charge in [0.25, 0.3) is 11.5 Å². The van der Waals surface area contributed by atoms with Gasteiger partial charge in [0.2, 0.25) is 0 Å². The molecule has 1 N–H and O–H groups in total. The largest absolute Gasteiger partial charge is 0.497 e. The highest BCUT2D eigenvalue weighted by Gasteiger charge is 2.25. The number of hydrogen-bond acceptors (Lipinski definition) is 5. The molecule has 2 aromatic carbocycles. The summed E-state index contributed by atoms with van der Waals surface area (Å²) in [5, 5.41) is 8.60. The van der Waals surface area contributed by atoms with Gasteiger partial charge in [-0.15, -0.1) is 0 Å². The van der Waals surface area contributed by atoms with Crippen LogP contribution in [0.15, 0.2) is 53.3 Å². The number of amides is 1. The lowest BCUT2D eigenvalue weighted by atomic mass is 10.0. The zero-order valence-electron chi connectivity index (χ0n) is 18.9. The van der Waals surface area contributed by atoms with E-state index in [0.29, 0.717) is 17.3 Å². The Balaban J connectivity index is 1.64. The molecule has 1 fully saturated rings. The number of nitrogens with zero attached hydrogens (tertiary/aromatic N) is 3. The number of rotatable bonds is 7. The van der Waals surface area contributed by atoms with Crippen molar-refractivity contribution in [3.8, 4) is 5.75 Å². The first kappa shape index (κ1) is 22.0. The van der Waals surface area contributed by atoms with E-state index in [1.807, 2.05) is 44.2 Å². The van der Waals surface area contributed by atoms with Crippen LogP contribution in [0.4, 0.5) is 0 Å². The maximum Gasteiger partial charge on any atom is 0.274 e. The van der Waals surface area contributed by atoms with Crippen LogP contribution in [0.5, 0.6) is 5.75 Å². The minimum atomic E-state index is -0.275. The van der Waals surface area contributed by atoms with E-state index in [1.165, 1.54) is 4.68 Å². The summed E-state index contributed by atoms with van der Waals surface area (Å²) in [6.45, 7) is 6.21. The number of carbonyl (C=O) groups excluding carboxylic acids is 1. The Bertz CT molecular complexity index is 1170. The molecule has 0 spiro atoms. The van der Waals surface area contributed by atoms with Crippen LogP contribution in [0, 0.1) is 0 Å². The molecule has 2 heterocycles. The molecule has 7 heteroatoms. The first-order valence-electron chi connectivity index (χ1n) is 11.2. The van der Waals surface area contributed by atoms with Crippen molar-refractivity contribution in [3.63, 3.8) is 0 Å². The molecule has 168 valence electrons. The molecule has 1 atom stereocenters. The highest BCUT2D eigenvalue weighted by atomic mass is 16.5. The van der Waals surface area contributed by atoms with Gasteiger partial charge in [0.15, 0.2) is 5.69 Å². The molecule has 4 rings (SSSR count). The molecule has 0 saturated carbocycles. The average Bonchev–Trinajstić information content (AvgIpc) is 3.34. The topological polar surface area (TPSA) is 76.5 Å². The van der Waals surface area contributed by atoms with Crippen molar-refractivity contribution in [1.82, 2.24) is 20.0 Å².